The first-order chi connectivity index (χ1) is 8.56. The van der Waals surface area contributed by atoms with Crippen LogP contribution in [0.25, 0.3) is 0 Å². The Bertz CT molecular complexity index is 660. The summed E-state index contributed by atoms with van der Waals surface area (Å²) in [6.07, 6.45) is 0. The monoisotopic (exact) mass is 264 g/mol. The van der Waals surface area contributed by atoms with Crippen molar-refractivity contribution in [3.05, 3.63) is 50.5 Å². The molecule has 0 saturated carbocycles. The van der Waals surface area contributed by atoms with Gasteiger partial charge in [0.2, 0.25) is 0 Å². The number of H-pyrrole nitrogens is 1. The molecule has 0 atom stereocenters. The molecule has 1 aromatic carbocycles. The first-order valence-electron chi connectivity index (χ1n) is 5.21. The molecule has 0 saturated heterocycles. The number of aromatic nitrogens is 3. The molecule has 0 unspecified atom stereocenters. The summed E-state index contributed by atoms with van der Waals surface area (Å²) in [5, 5.41) is 2.87. The lowest BCUT2D eigenvalue weighted by Crippen LogP contribution is -2.33. The van der Waals surface area contributed by atoms with Crippen molar-refractivity contribution in [2.45, 2.75) is 10.9 Å². The number of hydrogen-bond donors (Lipinski definition) is 2. The third kappa shape index (κ3) is 2.80. The molecule has 1 heterocycles. The third-order valence-electron chi connectivity index (χ3n) is 2.30. The van der Waals surface area contributed by atoms with Crippen molar-refractivity contribution in [1.82, 2.24) is 14.8 Å². The number of thioether (sulfide) groups is 1. The maximum Gasteiger partial charge on any atom is 0.339 e. The number of benzene rings is 1. The molecule has 0 aliphatic carbocycles. The van der Waals surface area contributed by atoms with Gasteiger partial charge >= 0.3 is 11.1 Å². The van der Waals surface area contributed by atoms with E-state index in [2.05, 4.69) is 10.1 Å². The summed E-state index contributed by atoms with van der Waals surface area (Å²) in [6, 6.07) is 7.45. The van der Waals surface area contributed by atoms with Crippen molar-refractivity contribution < 1.29 is 0 Å². The number of anilines is 1. The largest absolute Gasteiger partial charge is 0.399 e. The van der Waals surface area contributed by atoms with E-state index in [0.29, 0.717) is 16.6 Å². The van der Waals surface area contributed by atoms with Crippen LogP contribution in [-0.2, 0) is 12.8 Å². The molecule has 0 aliphatic heterocycles. The molecule has 94 valence electrons. The van der Waals surface area contributed by atoms with E-state index in [0.717, 1.165) is 5.56 Å². The number of aromatic amines is 1. The van der Waals surface area contributed by atoms with Crippen LogP contribution in [0, 0.1) is 0 Å². The van der Waals surface area contributed by atoms with Crippen LogP contribution in [0.2, 0.25) is 0 Å². The molecular weight excluding hydrogens is 252 g/mol. The Morgan fingerprint density at radius 1 is 1.33 bits per heavy atom. The zero-order chi connectivity index (χ0) is 13.1. The summed E-state index contributed by atoms with van der Waals surface area (Å²) in [5.74, 6) is 0.645. The summed E-state index contributed by atoms with van der Waals surface area (Å²) < 4.78 is 1.44. The van der Waals surface area contributed by atoms with Gasteiger partial charge in [-0.25, -0.2) is 0 Å². The molecule has 0 amide bonds. The number of aryl methyl sites for hydroxylation is 1. The Morgan fingerprint density at radius 3 is 2.67 bits per heavy atom. The van der Waals surface area contributed by atoms with Gasteiger partial charge < -0.3 is 5.73 Å². The Kier molecular flexibility index (Phi) is 3.52. The first-order valence-corrected chi connectivity index (χ1v) is 6.19. The second-order valence-corrected chi connectivity index (χ2v) is 4.67. The van der Waals surface area contributed by atoms with Gasteiger partial charge in [0.1, 0.15) is 0 Å². The van der Waals surface area contributed by atoms with E-state index >= 15 is 0 Å². The zero-order valence-electron chi connectivity index (χ0n) is 9.71. The van der Waals surface area contributed by atoms with Gasteiger partial charge in [-0.1, -0.05) is 23.9 Å². The van der Waals surface area contributed by atoms with E-state index in [1.807, 2.05) is 24.3 Å². The van der Waals surface area contributed by atoms with Crippen LogP contribution in [0.5, 0.6) is 0 Å². The lowest BCUT2D eigenvalue weighted by molar-refractivity contribution is 0.596. The fraction of sp³-hybridized carbons (Fsp3) is 0.182. The topological polar surface area (TPSA) is 93.8 Å². The second-order valence-electron chi connectivity index (χ2n) is 3.73. The van der Waals surface area contributed by atoms with Crippen LogP contribution in [0.3, 0.4) is 0 Å². The molecule has 0 spiro atoms. The normalized spacial score (nSPS) is 10.5. The highest BCUT2D eigenvalue weighted by Gasteiger charge is 2.04. The van der Waals surface area contributed by atoms with Crippen LogP contribution in [0.4, 0.5) is 5.69 Å². The van der Waals surface area contributed by atoms with Gasteiger partial charge in [0.25, 0.3) is 0 Å². The average Bonchev–Trinajstić information content (AvgIpc) is 2.34. The van der Waals surface area contributed by atoms with E-state index in [-0.39, 0.29) is 0 Å². The third-order valence-corrected chi connectivity index (χ3v) is 3.40. The standard InChI is InChI=1S/C11H12N4O2S/c1-15-11(13-9(16)10(17)14-15)18-6-7-2-4-8(12)5-3-7/h2-5H,6,12H2,1H3,(H,14,17). The van der Waals surface area contributed by atoms with E-state index in [1.165, 1.54) is 16.4 Å². The summed E-state index contributed by atoms with van der Waals surface area (Å²) in [4.78, 5) is 25.9. The van der Waals surface area contributed by atoms with Crippen molar-refractivity contribution in [1.29, 1.82) is 0 Å². The van der Waals surface area contributed by atoms with E-state index in [4.69, 9.17) is 5.73 Å². The molecule has 2 aromatic rings. The minimum Gasteiger partial charge on any atom is -0.399 e. The molecule has 0 fully saturated rings. The van der Waals surface area contributed by atoms with E-state index in [9.17, 15) is 9.59 Å². The van der Waals surface area contributed by atoms with Gasteiger partial charge in [-0.05, 0) is 17.7 Å². The van der Waals surface area contributed by atoms with Gasteiger partial charge in [0, 0.05) is 18.5 Å². The lowest BCUT2D eigenvalue weighted by atomic mass is 10.2. The van der Waals surface area contributed by atoms with Gasteiger partial charge in [-0.15, -0.1) is 0 Å². The van der Waals surface area contributed by atoms with Crippen molar-refractivity contribution in [3.63, 3.8) is 0 Å². The number of rotatable bonds is 3. The minimum atomic E-state index is -0.770. The molecule has 0 aliphatic rings. The molecule has 7 heteroatoms. The smallest absolute Gasteiger partial charge is 0.339 e. The van der Waals surface area contributed by atoms with Crippen LogP contribution >= 0.6 is 11.8 Å². The van der Waals surface area contributed by atoms with Crippen molar-refractivity contribution in [3.8, 4) is 0 Å². The number of nitrogens with zero attached hydrogens (tertiary/aromatic N) is 2. The van der Waals surface area contributed by atoms with Crippen LogP contribution in [0.15, 0.2) is 39.0 Å². The summed E-state index contributed by atoms with van der Waals surface area (Å²) in [7, 11) is 1.64. The molecule has 3 N–H and O–H groups in total. The fourth-order valence-corrected chi connectivity index (χ4v) is 2.23. The van der Waals surface area contributed by atoms with Crippen molar-refractivity contribution >= 4 is 17.4 Å². The lowest BCUT2D eigenvalue weighted by Gasteiger charge is -2.05. The second kappa shape index (κ2) is 5.09. The molecule has 0 bridgehead atoms. The van der Waals surface area contributed by atoms with Gasteiger partial charge in [-0.2, -0.15) is 4.98 Å². The Hall–Kier alpha value is -2.02. The van der Waals surface area contributed by atoms with Crippen LogP contribution < -0.4 is 16.9 Å². The Balaban J connectivity index is 2.15. The highest BCUT2D eigenvalue weighted by atomic mass is 32.2. The quantitative estimate of drug-likeness (QED) is 0.474. The number of nitrogens with one attached hydrogen (secondary N) is 1. The maximum absolute atomic E-state index is 11.1. The van der Waals surface area contributed by atoms with Gasteiger partial charge in [0.15, 0.2) is 5.16 Å². The fourth-order valence-electron chi connectivity index (χ4n) is 1.35. The highest BCUT2D eigenvalue weighted by Crippen LogP contribution is 2.19. The highest BCUT2D eigenvalue weighted by molar-refractivity contribution is 7.98. The van der Waals surface area contributed by atoms with Crippen molar-refractivity contribution in [2.24, 2.45) is 7.05 Å². The van der Waals surface area contributed by atoms with Gasteiger partial charge in [0.05, 0.1) is 0 Å². The Morgan fingerprint density at radius 2 is 2.00 bits per heavy atom. The number of hydrogen-bond acceptors (Lipinski definition) is 5. The molecule has 6 nitrogen and oxygen atoms in total. The predicted molar refractivity (Wildman–Crippen MR) is 70.5 cm³/mol. The first kappa shape index (κ1) is 12.4. The molecule has 18 heavy (non-hydrogen) atoms. The summed E-state index contributed by atoms with van der Waals surface area (Å²) >= 11 is 1.37. The predicted octanol–water partition coefficient (Wildman–Crippen LogP) is 0.343. The van der Waals surface area contributed by atoms with E-state index in [1.54, 1.807) is 7.05 Å². The van der Waals surface area contributed by atoms with Crippen molar-refractivity contribution in [2.75, 3.05) is 5.73 Å². The number of nitrogens with two attached hydrogens (primary N) is 1. The van der Waals surface area contributed by atoms with Crippen LogP contribution in [-0.4, -0.2) is 14.8 Å². The molecular formula is C11H12N4O2S. The molecule has 1 aromatic heterocycles. The maximum atomic E-state index is 11.1. The SMILES string of the molecule is Cn1[nH]c(=O)c(=O)nc1SCc1ccc(N)cc1. The van der Waals surface area contributed by atoms with Crippen LogP contribution in [0.1, 0.15) is 5.56 Å². The van der Waals surface area contributed by atoms with Gasteiger partial charge in [-0.3, -0.25) is 19.4 Å². The number of nitrogen functional groups attached to an aromatic ring is 1. The summed E-state index contributed by atoms with van der Waals surface area (Å²) in [5.41, 5.74) is 5.88. The Labute approximate surface area is 107 Å². The average molecular weight is 264 g/mol. The minimum absolute atomic E-state index is 0.469. The molecule has 2 rings (SSSR count). The zero-order valence-corrected chi connectivity index (χ0v) is 10.5. The molecule has 0 radical (unpaired) electrons. The summed E-state index contributed by atoms with van der Waals surface area (Å²) in [6.45, 7) is 0. The van der Waals surface area contributed by atoms with E-state index < -0.39 is 11.1 Å².